The number of likely N-dealkylation sites (tertiary alicyclic amines) is 2. The molecule has 4 saturated heterocycles. The van der Waals surface area contributed by atoms with Gasteiger partial charge in [0.05, 0.1) is 36.8 Å². The van der Waals surface area contributed by atoms with Gasteiger partial charge in [-0.3, -0.25) is 4.79 Å². The molecule has 94 heavy (non-hydrogen) atoms. The number of benzene rings is 4. The maximum Gasteiger partial charge on any atom is 0.328 e. The number of likely N-dealkylation sites (N-methyl/N-ethyl adjacent to an activating group) is 4. The Morgan fingerprint density at radius 1 is 0.628 bits per heavy atom. The third-order valence-corrected chi connectivity index (χ3v) is 19.0. The molecular formula is C71H88Cl3N13O7. The van der Waals surface area contributed by atoms with E-state index in [0.29, 0.717) is 114 Å². The number of aliphatic carboxylic acids is 1. The van der Waals surface area contributed by atoms with Gasteiger partial charge in [-0.25, -0.2) is 17.9 Å². The number of amides is 1. The third kappa shape index (κ3) is 18.0. The summed E-state index contributed by atoms with van der Waals surface area (Å²) in [6.45, 7) is 24.5. The van der Waals surface area contributed by atoms with Crippen molar-refractivity contribution in [3.63, 3.8) is 0 Å². The molecule has 1 amide bonds. The van der Waals surface area contributed by atoms with E-state index in [1.54, 1.807) is 12.2 Å². The summed E-state index contributed by atoms with van der Waals surface area (Å²) in [5, 5.41) is 13.8. The zero-order chi connectivity index (χ0) is 65.5. The van der Waals surface area contributed by atoms with Crippen LogP contribution in [-0.4, -0.2) is 207 Å². The number of ether oxygens (including phenoxy) is 4. The Hall–Kier alpha value is -7.21. The second-order valence-corrected chi connectivity index (χ2v) is 26.3. The van der Waals surface area contributed by atoms with Gasteiger partial charge >= 0.3 is 18.0 Å². The average molecular weight is 1340 g/mol. The molecule has 2 aromatic heterocycles. The van der Waals surface area contributed by atoms with Crippen LogP contribution in [0.25, 0.3) is 31.2 Å². The molecule has 0 spiro atoms. The van der Waals surface area contributed by atoms with E-state index in [1.807, 2.05) is 79.3 Å². The predicted octanol–water partition coefficient (Wildman–Crippen LogP) is 10.9. The van der Waals surface area contributed by atoms with Crippen molar-refractivity contribution < 1.29 is 33.6 Å². The fraction of sp³-hybridized carbons (Fsp3) is 0.493. The van der Waals surface area contributed by atoms with Crippen LogP contribution in [0.4, 0.5) is 11.6 Å². The lowest BCUT2D eigenvalue weighted by atomic mass is 9.94. The number of carboxylic acids is 1. The Morgan fingerprint density at radius 3 is 1.57 bits per heavy atom. The molecule has 6 aliphatic rings. The number of hydrogen-bond acceptors (Lipinski definition) is 16. The van der Waals surface area contributed by atoms with Crippen molar-refractivity contribution in [1.82, 2.24) is 44.4 Å². The fourth-order valence-corrected chi connectivity index (χ4v) is 14.0. The molecule has 4 aromatic carbocycles. The van der Waals surface area contributed by atoms with E-state index in [0.717, 1.165) is 136 Å². The van der Waals surface area contributed by atoms with Crippen molar-refractivity contribution in [2.45, 2.75) is 94.9 Å². The quantitative estimate of drug-likeness (QED) is 0.0635. The molecule has 12 rings (SSSR count). The predicted molar refractivity (Wildman–Crippen MR) is 373 cm³/mol. The summed E-state index contributed by atoms with van der Waals surface area (Å²) in [4.78, 5) is 65.1. The number of nitrogens with zero attached hydrogens (tertiary/aromatic N) is 13. The highest BCUT2D eigenvalue weighted by molar-refractivity contribution is 6.36. The number of anilines is 2. The average Bonchev–Trinajstić information content (AvgIpc) is 0.870. The minimum atomic E-state index is -0.892. The molecule has 1 N–H and O–H groups in total. The number of rotatable bonds is 18. The van der Waals surface area contributed by atoms with Gasteiger partial charge in [-0.1, -0.05) is 96.0 Å². The summed E-state index contributed by atoms with van der Waals surface area (Å²) in [6.07, 6.45) is 13.7. The molecule has 0 saturated carbocycles. The van der Waals surface area contributed by atoms with Gasteiger partial charge in [0.2, 0.25) is 19.0 Å². The van der Waals surface area contributed by atoms with E-state index >= 15 is 0 Å². The van der Waals surface area contributed by atoms with Crippen LogP contribution in [0, 0.1) is 19.1 Å². The van der Waals surface area contributed by atoms with Crippen molar-refractivity contribution >= 4 is 80.7 Å². The summed E-state index contributed by atoms with van der Waals surface area (Å²) < 4.78 is 25.6. The van der Waals surface area contributed by atoms with Crippen LogP contribution < -0.4 is 19.3 Å². The molecule has 8 heterocycles. The summed E-state index contributed by atoms with van der Waals surface area (Å²) in [7, 11) is 12.0. The highest BCUT2D eigenvalue weighted by Crippen LogP contribution is 2.42. The van der Waals surface area contributed by atoms with Crippen LogP contribution in [0.5, 0.6) is 12.0 Å². The second-order valence-electron chi connectivity index (χ2n) is 25.5. The number of hydrogen-bond donors (Lipinski definition) is 1. The molecular weight excluding hydrogens is 1250 g/mol. The number of fused-ring (bicyclic) bond motifs is 4. The molecule has 4 fully saturated rings. The van der Waals surface area contributed by atoms with Gasteiger partial charge in [0, 0.05) is 121 Å². The van der Waals surface area contributed by atoms with Crippen molar-refractivity contribution in [3.8, 4) is 12.0 Å². The van der Waals surface area contributed by atoms with Crippen LogP contribution in [-0.2, 0) is 45.1 Å². The van der Waals surface area contributed by atoms with Gasteiger partial charge in [0.1, 0.15) is 30.9 Å². The van der Waals surface area contributed by atoms with Gasteiger partial charge in [-0.2, -0.15) is 19.9 Å². The lowest BCUT2D eigenvalue weighted by molar-refractivity contribution is -0.131. The zero-order valence-corrected chi connectivity index (χ0v) is 57.2. The monoisotopic (exact) mass is 1340 g/mol. The van der Waals surface area contributed by atoms with Gasteiger partial charge in [0.25, 0.3) is 0 Å². The number of aromatic nitrogens is 4. The first kappa shape index (κ1) is 71.1. The molecule has 0 radical (unpaired) electrons. The topological polar surface area (TPSA) is 174 Å². The minimum Gasteiger partial charge on any atom is -0.478 e. The van der Waals surface area contributed by atoms with E-state index < -0.39 is 5.97 Å². The number of carbonyl (C=O) groups is 2. The summed E-state index contributed by atoms with van der Waals surface area (Å²) in [5.41, 5.74) is 5.98. The minimum absolute atomic E-state index is 0. The third-order valence-electron chi connectivity index (χ3n) is 18.3. The second kappa shape index (κ2) is 33.9. The summed E-state index contributed by atoms with van der Waals surface area (Å²) in [5.74, 6) is 1.08. The highest BCUT2D eigenvalue weighted by Gasteiger charge is 2.37. The SMILES string of the molecule is CN(C)C/C=C/C(=O)O.Cl.[C-]#[N+]C[C@@H]1CCCN(c2nc(OC[C@@H]3CCCN3C)nc3c2CO[C@H](c2cccc4cccc(Cl)c24)C3)C1.[C-]#[N+]C[C@H]1CN(c2nc(OC[C@@H]3CCCN3C)nc3c2CO[C@H](c2cccc4cccc(Cl)c24)C3)CCN1C(=O)/C=C/CN(C)C. The molecule has 6 aromatic rings. The van der Waals surface area contributed by atoms with Gasteiger partial charge in [0.15, 0.2) is 0 Å². The van der Waals surface area contributed by atoms with Gasteiger partial charge in [-0.15, -0.1) is 12.4 Å². The fourth-order valence-electron chi connectivity index (χ4n) is 13.4. The Bertz CT molecular complexity index is 3720. The first-order chi connectivity index (χ1) is 45.0. The van der Waals surface area contributed by atoms with Crippen LogP contribution in [0.1, 0.15) is 84.4 Å². The van der Waals surface area contributed by atoms with Crippen LogP contribution in [0.3, 0.4) is 0 Å². The van der Waals surface area contributed by atoms with Crippen molar-refractivity contribution in [2.24, 2.45) is 5.92 Å². The van der Waals surface area contributed by atoms with Crippen LogP contribution >= 0.6 is 35.6 Å². The number of carboxylic acid groups (broad SMARTS) is 1. The van der Waals surface area contributed by atoms with E-state index in [-0.39, 0.29) is 43.1 Å². The van der Waals surface area contributed by atoms with E-state index in [1.165, 1.54) is 6.42 Å². The molecule has 6 atom stereocenters. The number of piperazine rings is 1. The Balaban J connectivity index is 0.000000196. The number of piperidine rings is 1. The largest absolute Gasteiger partial charge is 0.478 e. The first-order valence-corrected chi connectivity index (χ1v) is 33.2. The van der Waals surface area contributed by atoms with E-state index in [9.17, 15) is 9.59 Å². The van der Waals surface area contributed by atoms with E-state index in [4.69, 9.17) is 80.3 Å². The molecule has 0 aliphatic carbocycles. The smallest absolute Gasteiger partial charge is 0.328 e. The maximum atomic E-state index is 13.1. The lowest BCUT2D eigenvalue weighted by Gasteiger charge is -2.40. The molecule has 6 aliphatic heterocycles. The van der Waals surface area contributed by atoms with Crippen molar-refractivity contribution in [2.75, 3.05) is 137 Å². The zero-order valence-electron chi connectivity index (χ0n) is 54.8. The molecule has 0 bridgehead atoms. The van der Waals surface area contributed by atoms with Crippen molar-refractivity contribution in [1.29, 1.82) is 0 Å². The van der Waals surface area contributed by atoms with Crippen LogP contribution in [0.2, 0.25) is 10.0 Å². The number of halogens is 3. The molecule has 23 heteroatoms. The first-order valence-electron chi connectivity index (χ1n) is 32.4. The lowest BCUT2D eigenvalue weighted by Crippen LogP contribution is -2.56. The van der Waals surface area contributed by atoms with Crippen LogP contribution in [0.15, 0.2) is 97.1 Å². The molecule has 0 unspecified atom stereocenters. The van der Waals surface area contributed by atoms with Gasteiger partial charge in [-0.05, 0) is 128 Å². The maximum absolute atomic E-state index is 13.1. The highest BCUT2D eigenvalue weighted by atomic mass is 35.5. The molecule has 20 nitrogen and oxygen atoms in total. The Morgan fingerprint density at radius 2 is 1.11 bits per heavy atom. The Labute approximate surface area is 569 Å². The summed E-state index contributed by atoms with van der Waals surface area (Å²) >= 11 is 13.4. The van der Waals surface area contributed by atoms with E-state index in [2.05, 4.69) is 85.8 Å². The van der Waals surface area contributed by atoms with Crippen molar-refractivity contribution in [3.05, 3.63) is 164 Å². The number of carbonyl (C=O) groups excluding carboxylic acids is 1. The Kier molecular flexibility index (Phi) is 25.7. The standard InChI is InChI=1S/C35H42ClN7O3.C30H34ClN5O2.C6H11NO2.ClH/c1-37-20-26-21-42(17-18-43(26)32(44)14-8-15-40(2)3)34-28-23-45-31(27-12-5-9-24-10-6-13-29(36)33(24)27)19-30(28)38-35(39-34)46-22-25-11-7-16-41(25)4;1-32-16-20-7-5-14-36(17-20)29-24-19-37-27(23-11-3-8-21-9-4-12-25(31)28(21)23)15-26(24)33-30(34-29)38-18-22-10-6-13-35(22)2;1-7(2)5-3-4-6(8)9;/h5-6,8-10,12-14,25-26,31H,7,11,15-23H2,2-4H3;3-4,8-9,11-12,20,22,27H,5-7,10,13-19H2,2H3;3-4H,5H2,1-2H3,(H,8,9);1H/b14-8+;;4-3+;/t25-,26-,31-;20-,22-,27-;;/m00../s1. The normalized spacial score (nSPS) is 21.5. The van der Waals surface area contributed by atoms with Gasteiger partial charge < -0.3 is 68.0 Å². The summed E-state index contributed by atoms with van der Waals surface area (Å²) in [6, 6.07) is 25.7. The molecule has 500 valence electrons.